The van der Waals surface area contributed by atoms with Crippen LogP contribution in [0, 0.1) is 5.92 Å². The van der Waals surface area contributed by atoms with Gasteiger partial charge in [-0.05, 0) is 51.4 Å². The molecule has 2 aliphatic rings. The van der Waals surface area contributed by atoms with E-state index >= 15 is 0 Å². The van der Waals surface area contributed by atoms with Crippen LogP contribution >= 0.6 is 0 Å². The fourth-order valence-electron chi connectivity index (χ4n) is 4.44. The van der Waals surface area contributed by atoms with Crippen molar-refractivity contribution in [1.29, 1.82) is 0 Å². The molecular formula is C19H35NO2. The maximum Gasteiger partial charge on any atom is 0.407 e. The number of carbonyl (C=O) groups is 1. The molecule has 0 aromatic heterocycles. The topological polar surface area (TPSA) is 38.3 Å². The number of hydrogen-bond acceptors (Lipinski definition) is 2. The average molecular weight is 309 g/mol. The number of alkyl carbamates (subject to hydrolysis) is 1. The van der Waals surface area contributed by atoms with Crippen molar-refractivity contribution in [3.63, 3.8) is 0 Å². The molecule has 2 rings (SSSR count). The molecule has 0 aromatic rings. The lowest BCUT2D eigenvalue weighted by Crippen LogP contribution is -2.46. The highest BCUT2D eigenvalue weighted by Gasteiger charge is 2.41. The molecule has 2 aliphatic carbocycles. The van der Waals surface area contributed by atoms with Gasteiger partial charge in [0, 0.05) is 6.54 Å². The Morgan fingerprint density at radius 3 is 1.95 bits per heavy atom. The number of ether oxygens (including phenoxy) is 1. The first-order chi connectivity index (χ1) is 10.8. The van der Waals surface area contributed by atoms with Gasteiger partial charge in [-0.2, -0.15) is 0 Å². The third-order valence-electron chi connectivity index (χ3n) is 5.67. The fourth-order valence-corrected chi connectivity index (χ4v) is 4.44. The summed E-state index contributed by atoms with van der Waals surface area (Å²) in [6, 6.07) is 0. The Labute approximate surface area is 136 Å². The van der Waals surface area contributed by atoms with Crippen molar-refractivity contribution in [3.05, 3.63) is 0 Å². The number of hydrogen-bond donors (Lipinski definition) is 1. The zero-order valence-electron chi connectivity index (χ0n) is 14.5. The lowest BCUT2D eigenvalue weighted by atomic mass is 9.72. The van der Waals surface area contributed by atoms with E-state index in [9.17, 15) is 4.79 Å². The van der Waals surface area contributed by atoms with Crippen LogP contribution in [0.5, 0.6) is 0 Å². The highest BCUT2D eigenvalue weighted by atomic mass is 16.6. The van der Waals surface area contributed by atoms with E-state index in [0.29, 0.717) is 12.5 Å². The van der Waals surface area contributed by atoms with Crippen LogP contribution in [-0.2, 0) is 4.74 Å². The van der Waals surface area contributed by atoms with Crippen LogP contribution in [0.1, 0.15) is 96.8 Å². The first-order valence-corrected chi connectivity index (χ1v) is 9.74. The van der Waals surface area contributed by atoms with Gasteiger partial charge in [0.1, 0.15) is 5.60 Å². The van der Waals surface area contributed by atoms with Crippen LogP contribution in [0.4, 0.5) is 4.79 Å². The average Bonchev–Trinajstić information content (AvgIpc) is 2.42. The molecule has 3 heteroatoms. The van der Waals surface area contributed by atoms with Crippen molar-refractivity contribution in [2.45, 2.75) is 102 Å². The largest absolute Gasteiger partial charge is 0.443 e. The number of amides is 1. The van der Waals surface area contributed by atoms with Gasteiger partial charge < -0.3 is 10.1 Å². The Hall–Kier alpha value is -0.730. The van der Waals surface area contributed by atoms with Crippen LogP contribution in [0.2, 0.25) is 0 Å². The SMILES string of the molecule is CCNC(=O)OC1(C2CCCCCCC2)CCCCCCC1. The minimum Gasteiger partial charge on any atom is -0.443 e. The monoisotopic (exact) mass is 309 g/mol. The predicted molar refractivity (Wildman–Crippen MR) is 91.0 cm³/mol. The van der Waals surface area contributed by atoms with Gasteiger partial charge in [-0.25, -0.2) is 4.79 Å². The van der Waals surface area contributed by atoms with Crippen molar-refractivity contribution in [2.75, 3.05) is 6.54 Å². The Morgan fingerprint density at radius 2 is 1.41 bits per heavy atom. The highest BCUT2D eigenvalue weighted by molar-refractivity contribution is 5.67. The molecule has 0 spiro atoms. The maximum atomic E-state index is 12.2. The van der Waals surface area contributed by atoms with E-state index in [-0.39, 0.29) is 11.7 Å². The lowest BCUT2D eigenvalue weighted by molar-refractivity contribution is -0.0607. The van der Waals surface area contributed by atoms with E-state index < -0.39 is 0 Å². The second-order valence-corrected chi connectivity index (χ2v) is 7.29. The van der Waals surface area contributed by atoms with Crippen LogP contribution in [-0.4, -0.2) is 18.2 Å². The van der Waals surface area contributed by atoms with Crippen molar-refractivity contribution >= 4 is 6.09 Å². The summed E-state index contributed by atoms with van der Waals surface area (Å²) in [4.78, 5) is 12.2. The molecular weight excluding hydrogens is 274 g/mol. The quantitative estimate of drug-likeness (QED) is 0.739. The van der Waals surface area contributed by atoms with Crippen LogP contribution in [0.3, 0.4) is 0 Å². The normalized spacial score (nSPS) is 24.4. The van der Waals surface area contributed by atoms with E-state index in [1.165, 1.54) is 77.0 Å². The Bertz CT molecular complexity index is 313. The molecule has 128 valence electrons. The van der Waals surface area contributed by atoms with Gasteiger partial charge in [0.2, 0.25) is 0 Å². The molecule has 2 saturated carbocycles. The Morgan fingerprint density at radius 1 is 0.909 bits per heavy atom. The summed E-state index contributed by atoms with van der Waals surface area (Å²) < 4.78 is 6.14. The molecule has 0 radical (unpaired) electrons. The van der Waals surface area contributed by atoms with Crippen molar-refractivity contribution in [1.82, 2.24) is 5.32 Å². The second-order valence-electron chi connectivity index (χ2n) is 7.29. The minimum absolute atomic E-state index is 0.184. The zero-order valence-corrected chi connectivity index (χ0v) is 14.5. The summed E-state index contributed by atoms with van der Waals surface area (Å²) in [5, 5.41) is 2.86. The van der Waals surface area contributed by atoms with Gasteiger partial charge in [0.15, 0.2) is 0 Å². The zero-order chi connectivity index (χ0) is 15.7. The van der Waals surface area contributed by atoms with E-state index in [2.05, 4.69) is 5.32 Å². The van der Waals surface area contributed by atoms with E-state index in [4.69, 9.17) is 4.74 Å². The summed E-state index contributed by atoms with van der Waals surface area (Å²) in [5.41, 5.74) is -0.184. The molecule has 0 aliphatic heterocycles. The highest BCUT2D eigenvalue weighted by Crippen LogP contribution is 2.42. The predicted octanol–water partition coefficient (Wildman–Crippen LogP) is 5.58. The van der Waals surface area contributed by atoms with E-state index in [1.807, 2.05) is 6.92 Å². The molecule has 0 bridgehead atoms. The fraction of sp³-hybridized carbons (Fsp3) is 0.947. The van der Waals surface area contributed by atoms with Crippen LogP contribution in [0.15, 0.2) is 0 Å². The molecule has 22 heavy (non-hydrogen) atoms. The number of rotatable bonds is 3. The van der Waals surface area contributed by atoms with Crippen LogP contribution < -0.4 is 5.32 Å². The molecule has 0 aromatic carbocycles. The molecule has 0 saturated heterocycles. The summed E-state index contributed by atoms with van der Waals surface area (Å²) in [6.45, 7) is 2.61. The summed E-state index contributed by atoms with van der Waals surface area (Å²) >= 11 is 0. The molecule has 0 heterocycles. The minimum atomic E-state index is -0.190. The molecule has 3 nitrogen and oxygen atoms in total. The molecule has 0 atom stereocenters. The van der Waals surface area contributed by atoms with Gasteiger partial charge in [-0.3, -0.25) is 0 Å². The first kappa shape index (κ1) is 17.6. The van der Waals surface area contributed by atoms with Gasteiger partial charge in [-0.15, -0.1) is 0 Å². The third-order valence-corrected chi connectivity index (χ3v) is 5.67. The van der Waals surface area contributed by atoms with Crippen molar-refractivity contribution < 1.29 is 9.53 Å². The second kappa shape index (κ2) is 9.42. The number of nitrogens with one attached hydrogen (secondary N) is 1. The third kappa shape index (κ3) is 5.17. The van der Waals surface area contributed by atoms with Crippen molar-refractivity contribution in [2.24, 2.45) is 5.92 Å². The van der Waals surface area contributed by atoms with Crippen LogP contribution in [0.25, 0.3) is 0 Å². The molecule has 0 unspecified atom stereocenters. The maximum absolute atomic E-state index is 12.2. The van der Waals surface area contributed by atoms with Crippen molar-refractivity contribution in [3.8, 4) is 0 Å². The molecule has 1 amide bonds. The van der Waals surface area contributed by atoms with Gasteiger partial charge in [-0.1, -0.05) is 51.4 Å². The van der Waals surface area contributed by atoms with Gasteiger partial charge in [0.25, 0.3) is 0 Å². The summed E-state index contributed by atoms with van der Waals surface area (Å²) in [7, 11) is 0. The van der Waals surface area contributed by atoms with Gasteiger partial charge in [0.05, 0.1) is 0 Å². The Kier molecular flexibility index (Phi) is 7.54. The molecule has 2 fully saturated rings. The lowest BCUT2D eigenvalue weighted by Gasteiger charge is -2.42. The molecule has 1 N–H and O–H groups in total. The summed E-state index contributed by atoms with van der Waals surface area (Å²) in [5.74, 6) is 0.577. The standard InChI is InChI=1S/C19H35NO2/c1-2-20-18(21)22-19(15-11-7-4-8-12-16-19)17-13-9-5-3-6-10-14-17/h17H,2-16H2,1H3,(H,20,21). The smallest absolute Gasteiger partial charge is 0.407 e. The summed E-state index contributed by atoms with van der Waals surface area (Å²) in [6.07, 6.45) is 17.6. The van der Waals surface area contributed by atoms with Gasteiger partial charge >= 0.3 is 6.09 Å². The Balaban J connectivity index is 2.11. The first-order valence-electron chi connectivity index (χ1n) is 9.74. The number of carbonyl (C=O) groups excluding carboxylic acids is 1. The van der Waals surface area contributed by atoms with E-state index in [0.717, 1.165) is 12.8 Å². The van der Waals surface area contributed by atoms with E-state index in [1.54, 1.807) is 0 Å².